The Kier molecular flexibility index (Phi) is 8.27. The van der Waals surface area contributed by atoms with Crippen molar-refractivity contribution in [2.45, 2.75) is 13.1 Å². The van der Waals surface area contributed by atoms with E-state index in [1.807, 2.05) is 42.5 Å². The van der Waals surface area contributed by atoms with Crippen molar-refractivity contribution < 1.29 is 4.74 Å². The monoisotopic (exact) mass is 412 g/mol. The van der Waals surface area contributed by atoms with Gasteiger partial charge in [0.15, 0.2) is 5.96 Å². The maximum atomic E-state index is 5.14. The van der Waals surface area contributed by atoms with E-state index in [0.717, 1.165) is 23.0 Å². The van der Waals surface area contributed by atoms with E-state index in [2.05, 4.69) is 20.6 Å². The lowest BCUT2D eigenvalue weighted by molar-refractivity contribution is 0.414. The second-order valence-corrected chi connectivity index (χ2v) is 4.45. The standard InChI is InChI=1S/C16H20N4O.HI/c1-17-16(20-12-14-5-3-4-10-18-14)19-11-13-6-8-15(21-2)9-7-13;/h3-10H,11-12H2,1-2H3,(H2,17,19,20);1H. The zero-order chi connectivity index (χ0) is 14.9. The molecule has 2 rings (SSSR count). The average molecular weight is 412 g/mol. The van der Waals surface area contributed by atoms with Crippen molar-refractivity contribution in [1.82, 2.24) is 15.6 Å². The third kappa shape index (κ3) is 5.88. The van der Waals surface area contributed by atoms with Crippen LogP contribution in [0.4, 0.5) is 0 Å². The van der Waals surface area contributed by atoms with Crippen LogP contribution in [0.1, 0.15) is 11.3 Å². The first kappa shape index (κ1) is 18.2. The average Bonchev–Trinajstić information content (AvgIpc) is 2.56. The summed E-state index contributed by atoms with van der Waals surface area (Å²) in [4.78, 5) is 8.46. The van der Waals surface area contributed by atoms with Gasteiger partial charge in [-0.25, -0.2) is 0 Å². The Morgan fingerprint density at radius 1 is 1.09 bits per heavy atom. The number of aromatic nitrogens is 1. The number of aliphatic imine (C=N–C) groups is 1. The molecule has 1 aromatic heterocycles. The number of rotatable bonds is 5. The quantitative estimate of drug-likeness (QED) is 0.451. The van der Waals surface area contributed by atoms with Gasteiger partial charge >= 0.3 is 0 Å². The Labute approximate surface area is 148 Å². The van der Waals surface area contributed by atoms with Crippen molar-refractivity contribution in [3.63, 3.8) is 0 Å². The third-order valence-corrected chi connectivity index (χ3v) is 3.01. The van der Waals surface area contributed by atoms with Crippen LogP contribution >= 0.6 is 24.0 Å². The van der Waals surface area contributed by atoms with Crippen molar-refractivity contribution in [1.29, 1.82) is 0 Å². The van der Waals surface area contributed by atoms with Crippen LogP contribution in [0.3, 0.4) is 0 Å². The fraction of sp³-hybridized carbons (Fsp3) is 0.250. The Hall–Kier alpha value is -1.83. The molecule has 0 saturated carbocycles. The molecule has 0 aliphatic carbocycles. The molecule has 6 heteroatoms. The Balaban J connectivity index is 0.00000242. The van der Waals surface area contributed by atoms with Crippen LogP contribution in [-0.2, 0) is 13.1 Å². The molecule has 22 heavy (non-hydrogen) atoms. The van der Waals surface area contributed by atoms with Crippen molar-refractivity contribution in [2.24, 2.45) is 4.99 Å². The normalized spacial score (nSPS) is 10.5. The van der Waals surface area contributed by atoms with Gasteiger partial charge in [-0.15, -0.1) is 24.0 Å². The first-order chi connectivity index (χ1) is 10.3. The second kappa shape index (κ2) is 9.99. The minimum atomic E-state index is 0. The molecule has 118 valence electrons. The molecule has 0 bridgehead atoms. The molecule has 0 amide bonds. The van der Waals surface area contributed by atoms with E-state index in [-0.39, 0.29) is 24.0 Å². The molecule has 0 unspecified atom stereocenters. The smallest absolute Gasteiger partial charge is 0.191 e. The van der Waals surface area contributed by atoms with Gasteiger partial charge in [0.2, 0.25) is 0 Å². The molecule has 0 radical (unpaired) electrons. The van der Waals surface area contributed by atoms with Crippen molar-refractivity contribution in [3.8, 4) is 5.75 Å². The summed E-state index contributed by atoms with van der Waals surface area (Å²) in [6.07, 6.45) is 1.78. The van der Waals surface area contributed by atoms with E-state index < -0.39 is 0 Å². The number of hydrogen-bond donors (Lipinski definition) is 2. The number of nitrogens with zero attached hydrogens (tertiary/aromatic N) is 2. The molecule has 1 aromatic carbocycles. The topological polar surface area (TPSA) is 58.5 Å². The van der Waals surface area contributed by atoms with Gasteiger partial charge < -0.3 is 15.4 Å². The van der Waals surface area contributed by atoms with E-state index >= 15 is 0 Å². The third-order valence-electron chi connectivity index (χ3n) is 3.01. The fourth-order valence-electron chi connectivity index (χ4n) is 1.83. The predicted octanol–water partition coefficient (Wildman–Crippen LogP) is 2.57. The van der Waals surface area contributed by atoms with Gasteiger partial charge in [0.1, 0.15) is 5.75 Å². The molecule has 0 saturated heterocycles. The molecule has 1 heterocycles. The van der Waals surface area contributed by atoms with Gasteiger partial charge in [-0.3, -0.25) is 9.98 Å². The summed E-state index contributed by atoms with van der Waals surface area (Å²) in [5, 5.41) is 6.49. The minimum absolute atomic E-state index is 0. The number of hydrogen-bond acceptors (Lipinski definition) is 3. The summed E-state index contributed by atoms with van der Waals surface area (Å²) in [6.45, 7) is 1.34. The lowest BCUT2D eigenvalue weighted by Gasteiger charge is -2.12. The molecular formula is C16H21IN4O. The first-order valence-corrected chi connectivity index (χ1v) is 6.79. The van der Waals surface area contributed by atoms with Gasteiger partial charge in [0, 0.05) is 19.8 Å². The van der Waals surface area contributed by atoms with E-state index in [0.29, 0.717) is 13.1 Å². The predicted molar refractivity (Wildman–Crippen MR) is 99.7 cm³/mol. The minimum Gasteiger partial charge on any atom is -0.497 e. The molecule has 0 aliphatic rings. The van der Waals surface area contributed by atoms with Crippen molar-refractivity contribution >= 4 is 29.9 Å². The van der Waals surface area contributed by atoms with Crippen LogP contribution in [0.15, 0.2) is 53.7 Å². The van der Waals surface area contributed by atoms with E-state index in [4.69, 9.17) is 4.74 Å². The van der Waals surface area contributed by atoms with E-state index in [9.17, 15) is 0 Å². The molecule has 5 nitrogen and oxygen atoms in total. The summed E-state index contributed by atoms with van der Waals surface area (Å²) < 4.78 is 5.14. The number of nitrogens with one attached hydrogen (secondary N) is 2. The highest BCUT2D eigenvalue weighted by atomic mass is 127. The summed E-state index contributed by atoms with van der Waals surface area (Å²) in [6, 6.07) is 13.8. The molecule has 0 fully saturated rings. The summed E-state index contributed by atoms with van der Waals surface area (Å²) >= 11 is 0. The summed E-state index contributed by atoms with van der Waals surface area (Å²) in [5.41, 5.74) is 2.14. The van der Waals surface area contributed by atoms with Gasteiger partial charge in [-0.05, 0) is 29.8 Å². The van der Waals surface area contributed by atoms with Gasteiger partial charge in [-0.1, -0.05) is 18.2 Å². The molecule has 2 N–H and O–H groups in total. The number of methoxy groups -OCH3 is 1. The van der Waals surface area contributed by atoms with Crippen LogP contribution in [0, 0.1) is 0 Å². The zero-order valence-corrected chi connectivity index (χ0v) is 15.1. The Morgan fingerprint density at radius 3 is 2.41 bits per heavy atom. The molecule has 0 atom stereocenters. The van der Waals surface area contributed by atoms with Crippen LogP contribution in [0.25, 0.3) is 0 Å². The van der Waals surface area contributed by atoms with Crippen LogP contribution in [-0.4, -0.2) is 25.1 Å². The maximum absolute atomic E-state index is 5.14. The molecular weight excluding hydrogens is 391 g/mol. The number of halogens is 1. The van der Waals surface area contributed by atoms with Crippen LogP contribution in [0.2, 0.25) is 0 Å². The van der Waals surface area contributed by atoms with Gasteiger partial charge in [0.05, 0.1) is 19.3 Å². The maximum Gasteiger partial charge on any atom is 0.191 e. The number of ether oxygens (including phenoxy) is 1. The van der Waals surface area contributed by atoms with Gasteiger partial charge in [-0.2, -0.15) is 0 Å². The largest absolute Gasteiger partial charge is 0.497 e. The zero-order valence-electron chi connectivity index (χ0n) is 12.7. The first-order valence-electron chi connectivity index (χ1n) is 6.79. The lowest BCUT2D eigenvalue weighted by Crippen LogP contribution is -2.36. The van der Waals surface area contributed by atoms with E-state index in [1.54, 1.807) is 20.4 Å². The van der Waals surface area contributed by atoms with Crippen molar-refractivity contribution in [2.75, 3.05) is 14.2 Å². The highest BCUT2D eigenvalue weighted by Gasteiger charge is 2.00. The van der Waals surface area contributed by atoms with Gasteiger partial charge in [0.25, 0.3) is 0 Å². The van der Waals surface area contributed by atoms with E-state index in [1.165, 1.54) is 0 Å². The van der Waals surface area contributed by atoms with Crippen LogP contribution in [0.5, 0.6) is 5.75 Å². The molecule has 0 aliphatic heterocycles. The number of benzene rings is 1. The number of guanidine groups is 1. The Bertz CT molecular complexity index is 572. The second-order valence-electron chi connectivity index (χ2n) is 4.45. The fourth-order valence-corrected chi connectivity index (χ4v) is 1.83. The SMILES string of the molecule is CN=C(NCc1ccc(OC)cc1)NCc1ccccn1.I. The summed E-state index contributed by atoms with van der Waals surface area (Å²) in [7, 11) is 3.42. The van der Waals surface area contributed by atoms with Crippen LogP contribution < -0.4 is 15.4 Å². The Morgan fingerprint density at radius 2 is 1.82 bits per heavy atom. The number of pyridine rings is 1. The highest BCUT2D eigenvalue weighted by molar-refractivity contribution is 14.0. The lowest BCUT2D eigenvalue weighted by atomic mass is 10.2. The molecule has 2 aromatic rings. The van der Waals surface area contributed by atoms with Crippen molar-refractivity contribution in [3.05, 3.63) is 59.9 Å². The summed E-state index contributed by atoms with van der Waals surface area (Å²) in [5.74, 6) is 1.60. The molecule has 0 spiro atoms. The highest BCUT2D eigenvalue weighted by Crippen LogP contribution is 2.10.